The summed E-state index contributed by atoms with van der Waals surface area (Å²) in [7, 11) is 5.14. The van der Waals surface area contributed by atoms with Gasteiger partial charge in [-0.05, 0) is 43.2 Å². The van der Waals surface area contributed by atoms with Crippen molar-refractivity contribution in [3.8, 4) is 5.75 Å². The molecule has 2 N–H and O–H groups in total. The summed E-state index contributed by atoms with van der Waals surface area (Å²) in [6.45, 7) is 5.53. The Morgan fingerprint density at radius 3 is 2.31 bits per heavy atom. The molecule has 0 saturated heterocycles. The first-order valence-corrected chi connectivity index (χ1v) is 10.7. The van der Waals surface area contributed by atoms with Gasteiger partial charge in [0.05, 0.1) is 20.2 Å². The number of aliphatic imine (C=N–C) groups is 1. The number of nitrogens with one attached hydrogen (secondary N) is 2. The molecule has 2 aromatic rings. The van der Waals surface area contributed by atoms with E-state index in [0.717, 1.165) is 37.4 Å². The molecule has 0 atom stereocenters. The number of rotatable bonds is 11. The van der Waals surface area contributed by atoms with Crippen LogP contribution in [0.4, 0.5) is 5.69 Å². The Kier molecular flexibility index (Phi) is 13.2. The van der Waals surface area contributed by atoms with E-state index in [4.69, 9.17) is 4.74 Å². The van der Waals surface area contributed by atoms with E-state index in [-0.39, 0.29) is 36.4 Å². The fourth-order valence-electron chi connectivity index (χ4n) is 2.98. The molecule has 0 radical (unpaired) electrons. The largest absolute Gasteiger partial charge is 0.497 e. The molecular formula is C24H36IN5O2. The number of anilines is 1. The quantitative estimate of drug-likeness (QED) is 0.193. The molecule has 0 aliphatic carbocycles. The molecule has 0 bridgehead atoms. The Morgan fingerprint density at radius 2 is 1.72 bits per heavy atom. The van der Waals surface area contributed by atoms with E-state index in [9.17, 15) is 4.79 Å². The van der Waals surface area contributed by atoms with Crippen molar-refractivity contribution < 1.29 is 9.53 Å². The molecule has 0 aliphatic rings. The smallest absolute Gasteiger partial charge is 0.241 e. The molecule has 0 heterocycles. The monoisotopic (exact) mass is 553 g/mol. The van der Waals surface area contributed by atoms with Crippen LogP contribution in [0.25, 0.3) is 0 Å². The normalized spacial score (nSPS) is 10.7. The molecule has 176 valence electrons. The van der Waals surface area contributed by atoms with Gasteiger partial charge in [-0.15, -0.1) is 24.0 Å². The van der Waals surface area contributed by atoms with Crippen molar-refractivity contribution in [1.29, 1.82) is 0 Å². The molecule has 1 amide bonds. The van der Waals surface area contributed by atoms with Crippen molar-refractivity contribution >= 4 is 41.5 Å². The van der Waals surface area contributed by atoms with Crippen LogP contribution in [0.1, 0.15) is 18.9 Å². The molecule has 0 saturated carbocycles. The third-order valence-electron chi connectivity index (χ3n) is 4.88. The third kappa shape index (κ3) is 9.76. The van der Waals surface area contributed by atoms with Gasteiger partial charge in [0.25, 0.3) is 0 Å². The number of carbonyl (C=O) groups excluding carboxylic acids is 1. The predicted octanol–water partition coefficient (Wildman–Crippen LogP) is 3.35. The summed E-state index contributed by atoms with van der Waals surface area (Å²) in [6.07, 6.45) is 0.952. The number of carbonyl (C=O) groups is 1. The van der Waals surface area contributed by atoms with Crippen molar-refractivity contribution in [2.45, 2.75) is 19.9 Å². The lowest BCUT2D eigenvalue weighted by atomic mass is 10.2. The second-order valence-electron chi connectivity index (χ2n) is 7.35. The Labute approximate surface area is 209 Å². The summed E-state index contributed by atoms with van der Waals surface area (Å²) in [6, 6.07) is 18.2. The number of hydrogen-bond acceptors (Lipinski definition) is 4. The maximum atomic E-state index is 12.0. The van der Waals surface area contributed by atoms with E-state index in [0.29, 0.717) is 12.5 Å². The summed E-state index contributed by atoms with van der Waals surface area (Å²) in [5, 5.41) is 6.49. The maximum Gasteiger partial charge on any atom is 0.241 e. The Hall–Kier alpha value is -2.49. The van der Waals surface area contributed by atoms with Gasteiger partial charge >= 0.3 is 0 Å². The van der Waals surface area contributed by atoms with Gasteiger partial charge in [-0.3, -0.25) is 4.79 Å². The Balaban J connectivity index is 0.00000512. The van der Waals surface area contributed by atoms with Crippen molar-refractivity contribution in [2.24, 2.45) is 4.99 Å². The van der Waals surface area contributed by atoms with Crippen LogP contribution in [0.5, 0.6) is 5.75 Å². The number of guanidine groups is 1. The lowest BCUT2D eigenvalue weighted by molar-refractivity contribution is -0.127. The topological polar surface area (TPSA) is 69.2 Å². The van der Waals surface area contributed by atoms with Crippen LogP contribution in [0, 0.1) is 0 Å². The summed E-state index contributed by atoms with van der Waals surface area (Å²) >= 11 is 0. The summed E-state index contributed by atoms with van der Waals surface area (Å²) in [5.41, 5.74) is 2.30. The number of ether oxygens (including phenoxy) is 1. The van der Waals surface area contributed by atoms with Gasteiger partial charge in [0.1, 0.15) is 5.75 Å². The van der Waals surface area contributed by atoms with Crippen LogP contribution in [-0.2, 0) is 11.3 Å². The van der Waals surface area contributed by atoms with Gasteiger partial charge in [0, 0.05) is 39.4 Å². The number of methoxy groups -OCH3 is 1. The van der Waals surface area contributed by atoms with Crippen molar-refractivity contribution in [3.05, 3.63) is 60.2 Å². The zero-order chi connectivity index (χ0) is 22.5. The first-order valence-electron chi connectivity index (χ1n) is 10.7. The van der Waals surface area contributed by atoms with Crippen LogP contribution in [0.3, 0.4) is 0 Å². The molecule has 2 rings (SSSR count). The fraction of sp³-hybridized carbons (Fsp3) is 0.417. The van der Waals surface area contributed by atoms with Gasteiger partial charge in [-0.25, -0.2) is 4.99 Å². The zero-order valence-electron chi connectivity index (χ0n) is 19.5. The highest BCUT2D eigenvalue weighted by atomic mass is 127. The average molecular weight is 553 g/mol. The Morgan fingerprint density at radius 1 is 1.03 bits per heavy atom. The van der Waals surface area contributed by atoms with Crippen LogP contribution in [0.2, 0.25) is 0 Å². The molecule has 0 unspecified atom stereocenters. The maximum absolute atomic E-state index is 12.0. The lowest BCUT2D eigenvalue weighted by Gasteiger charge is -2.23. The van der Waals surface area contributed by atoms with Gasteiger partial charge in [-0.1, -0.05) is 30.3 Å². The van der Waals surface area contributed by atoms with Gasteiger partial charge in [0.2, 0.25) is 5.91 Å². The van der Waals surface area contributed by atoms with Crippen LogP contribution < -0.4 is 20.3 Å². The number of amides is 1. The predicted molar refractivity (Wildman–Crippen MR) is 143 cm³/mol. The van der Waals surface area contributed by atoms with Crippen LogP contribution >= 0.6 is 24.0 Å². The lowest BCUT2D eigenvalue weighted by Crippen LogP contribution is -2.43. The first-order chi connectivity index (χ1) is 15.0. The SMILES string of the molecule is CCN(CCCNC(=NCc1ccc(OC)cc1)NCC(=O)N(C)C)c1ccccc1.I. The number of para-hydroxylation sites is 1. The van der Waals surface area contributed by atoms with Gasteiger partial charge in [0.15, 0.2) is 5.96 Å². The molecule has 0 aliphatic heterocycles. The molecule has 0 spiro atoms. The van der Waals surface area contributed by atoms with Crippen LogP contribution in [0.15, 0.2) is 59.6 Å². The molecule has 8 heteroatoms. The highest BCUT2D eigenvalue weighted by Crippen LogP contribution is 2.13. The van der Waals surface area contributed by atoms with E-state index in [1.807, 2.05) is 30.3 Å². The molecule has 0 fully saturated rings. The van der Waals surface area contributed by atoms with E-state index in [2.05, 4.69) is 51.7 Å². The van der Waals surface area contributed by atoms with Crippen molar-refractivity contribution in [1.82, 2.24) is 15.5 Å². The molecule has 32 heavy (non-hydrogen) atoms. The second kappa shape index (κ2) is 15.3. The van der Waals surface area contributed by atoms with Gasteiger partial charge < -0.3 is 25.2 Å². The van der Waals surface area contributed by atoms with Crippen molar-refractivity contribution in [3.63, 3.8) is 0 Å². The Bertz CT molecular complexity index is 813. The molecular weight excluding hydrogens is 517 g/mol. The summed E-state index contributed by atoms with van der Waals surface area (Å²) < 4.78 is 5.20. The first kappa shape index (κ1) is 27.5. The number of nitrogens with zero attached hydrogens (tertiary/aromatic N) is 3. The van der Waals surface area contributed by atoms with E-state index in [1.165, 1.54) is 5.69 Å². The standard InChI is InChI=1S/C24H35N5O2.HI/c1-5-29(21-10-7-6-8-11-21)17-9-16-25-24(27-19-23(30)28(2)3)26-18-20-12-14-22(31-4)15-13-20;/h6-8,10-15H,5,9,16-19H2,1-4H3,(H2,25,26,27);1H. The molecule has 2 aromatic carbocycles. The molecule has 7 nitrogen and oxygen atoms in total. The van der Waals surface area contributed by atoms with Crippen molar-refractivity contribution in [2.75, 3.05) is 52.3 Å². The number of halogens is 1. The molecule has 0 aromatic heterocycles. The van der Waals surface area contributed by atoms with Gasteiger partial charge in [-0.2, -0.15) is 0 Å². The second-order valence-corrected chi connectivity index (χ2v) is 7.35. The minimum absolute atomic E-state index is 0. The van der Waals surface area contributed by atoms with E-state index >= 15 is 0 Å². The number of hydrogen-bond donors (Lipinski definition) is 2. The minimum Gasteiger partial charge on any atom is -0.497 e. The van der Waals surface area contributed by atoms with Crippen LogP contribution in [-0.4, -0.2) is 64.2 Å². The minimum atomic E-state index is 0. The number of benzene rings is 2. The summed E-state index contributed by atoms with van der Waals surface area (Å²) in [5.74, 6) is 1.45. The van der Waals surface area contributed by atoms with E-state index in [1.54, 1.807) is 26.1 Å². The highest BCUT2D eigenvalue weighted by molar-refractivity contribution is 14.0. The third-order valence-corrected chi connectivity index (χ3v) is 4.88. The summed E-state index contributed by atoms with van der Waals surface area (Å²) in [4.78, 5) is 20.5. The van der Waals surface area contributed by atoms with E-state index < -0.39 is 0 Å². The zero-order valence-corrected chi connectivity index (χ0v) is 21.8. The fourth-order valence-corrected chi connectivity index (χ4v) is 2.98. The average Bonchev–Trinajstić information content (AvgIpc) is 2.80. The highest BCUT2D eigenvalue weighted by Gasteiger charge is 2.07. The number of likely N-dealkylation sites (N-methyl/N-ethyl adjacent to an activating group) is 1.